The van der Waals surface area contributed by atoms with E-state index in [0.717, 1.165) is 5.56 Å². The van der Waals surface area contributed by atoms with Crippen molar-refractivity contribution >= 4 is 22.8 Å². The van der Waals surface area contributed by atoms with Crippen LogP contribution in [0.1, 0.15) is 22.8 Å². The summed E-state index contributed by atoms with van der Waals surface area (Å²) in [6.07, 6.45) is 0. The maximum absolute atomic E-state index is 12.2. The first-order valence-corrected chi connectivity index (χ1v) is 7.61. The Morgan fingerprint density at radius 1 is 1.08 bits per heavy atom. The third kappa shape index (κ3) is 3.92. The summed E-state index contributed by atoms with van der Waals surface area (Å²) in [5.74, 6) is -0.590. The highest BCUT2D eigenvalue weighted by Crippen LogP contribution is 2.17. The molecule has 0 saturated heterocycles. The number of fused-ring (bicyclic) bond motifs is 1. The number of para-hydroxylation sites is 1. The van der Waals surface area contributed by atoms with Crippen LogP contribution in [0, 0.1) is 0 Å². The summed E-state index contributed by atoms with van der Waals surface area (Å²) in [4.78, 5) is 35.3. The number of esters is 1. The van der Waals surface area contributed by atoms with Gasteiger partial charge in [0.05, 0.1) is 0 Å². The summed E-state index contributed by atoms with van der Waals surface area (Å²) in [5.41, 5.74) is 0.225. The number of carbonyl (C=O) groups is 2. The van der Waals surface area contributed by atoms with Crippen molar-refractivity contribution in [1.82, 2.24) is 5.32 Å². The van der Waals surface area contributed by atoms with Crippen LogP contribution < -0.4 is 15.7 Å². The van der Waals surface area contributed by atoms with Gasteiger partial charge in [-0.2, -0.15) is 0 Å². The lowest BCUT2D eigenvalue weighted by molar-refractivity contribution is -0.119. The fraction of sp³-hybridized carbons (Fsp3) is 0.105. The minimum atomic E-state index is -0.783. The lowest BCUT2D eigenvalue weighted by Gasteiger charge is -2.06. The van der Waals surface area contributed by atoms with E-state index in [1.807, 2.05) is 0 Å². The van der Waals surface area contributed by atoms with E-state index in [9.17, 15) is 14.4 Å². The largest absolute Gasteiger partial charge is 0.423 e. The van der Waals surface area contributed by atoms with Crippen molar-refractivity contribution in [3.8, 4) is 5.75 Å². The zero-order valence-corrected chi connectivity index (χ0v) is 13.4. The van der Waals surface area contributed by atoms with Gasteiger partial charge in [0.25, 0.3) is 0 Å². The van der Waals surface area contributed by atoms with Crippen molar-refractivity contribution in [3.63, 3.8) is 0 Å². The molecule has 0 bridgehead atoms. The molecule has 1 N–H and O–H groups in total. The molecule has 126 valence electrons. The highest BCUT2D eigenvalue weighted by atomic mass is 16.5. The molecular weight excluding hydrogens is 322 g/mol. The van der Waals surface area contributed by atoms with Crippen LogP contribution in [0.3, 0.4) is 0 Å². The summed E-state index contributed by atoms with van der Waals surface area (Å²) >= 11 is 0. The van der Waals surface area contributed by atoms with E-state index >= 15 is 0 Å². The molecule has 0 spiro atoms. The number of hydrogen-bond acceptors (Lipinski definition) is 5. The number of carbonyl (C=O) groups excluding carboxylic acids is 2. The van der Waals surface area contributed by atoms with Crippen LogP contribution in [0.5, 0.6) is 5.75 Å². The van der Waals surface area contributed by atoms with Gasteiger partial charge in [0, 0.05) is 18.9 Å². The highest BCUT2D eigenvalue weighted by molar-refractivity contribution is 5.94. The first-order chi connectivity index (χ1) is 12.0. The van der Waals surface area contributed by atoms with E-state index in [1.165, 1.54) is 13.0 Å². The normalized spacial score (nSPS) is 10.4. The minimum absolute atomic E-state index is 0.146. The lowest BCUT2D eigenvalue weighted by Crippen LogP contribution is -2.19. The third-order valence-corrected chi connectivity index (χ3v) is 3.51. The second-order valence-corrected chi connectivity index (χ2v) is 5.43. The van der Waals surface area contributed by atoms with Crippen molar-refractivity contribution in [2.24, 2.45) is 0 Å². The summed E-state index contributed by atoms with van der Waals surface area (Å²) < 4.78 is 10.4. The monoisotopic (exact) mass is 337 g/mol. The topological polar surface area (TPSA) is 85.6 Å². The summed E-state index contributed by atoms with van der Waals surface area (Å²) in [6.45, 7) is 1.77. The maximum atomic E-state index is 12.2. The molecule has 0 atom stereocenters. The molecule has 0 aliphatic carbocycles. The van der Waals surface area contributed by atoms with Crippen LogP contribution >= 0.6 is 0 Å². The molecule has 3 aromatic rings. The van der Waals surface area contributed by atoms with Gasteiger partial charge in [-0.05, 0) is 35.9 Å². The Balaban J connectivity index is 1.92. The number of hydrogen-bond donors (Lipinski definition) is 1. The van der Waals surface area contributed by atoms with Crippen LogP contribution in [0.2, 0.25) is 0 Å². The SMILES string of the molecule is CC(=O)NCc1ccc2oc(=O)c(C(=O)Oc3ccccc3)cc2c1. The first-order valence-electron chi connectivity index (χ1n) is 7.61. The van der Waals surface area contributed by atoms with Crippen molar-refractivity contribution < 1.29 is 18.7 Å². The Kier molecular flexibility index (Phi) is 4.61. The van der Waals surface area contributed by atoms with Gasteiger partial charge in [-0.3, -0.25) is 4.79 Å². The molecular formula is C19H15NO5. The number of ether oxygens (including phenoxy) is 1. The molecule has 6 heteroatoms. The predicted octanol–water partition coefficient (Wildman–Crippen LogP) is 2.65. The van der Waals surface area contributed by atoms with Gasteiger partial charge in [0.15, 0.2) is 0 Å². The molecule has 1 heterocycles. The molecule has 0 aliphatic rings. The van der Waals surface area contributed by atoms with Crippen LogP contribution in [-0.2, 0) is 11.3 Å². The number of nitrogens with one attached hydrogen (secondary N) is 1. The van der Waals surface area contributed by atoms with Gasteiger partial charge in [0.1, 0.15) is 16.9 Å². The Morgan fingerprint density at radius 3 is 2.56 bits per heavy atom. The Labute approximate surface area is 143 Å². The standard InChI is InChI=1S/C19H15NO5/c1-12(21)20-11-13-7-8-17-14(9-13)10-16(19(23)25-17)18(22)24-15-5-3-2-4-6-15/h2-10H,11H2,1H3,(H,20,21). The van der Waals surface area contributed by atoms with Crippen molar-refractivity contribution in [2.45, 2.75) is 13.5 Å². The van der Waals surface area contributed by atoms with Crippen LogP contribution in [-0.4, -0.2) is 11.9 Å². The van der Waals surface area contributed by atoms with Crippen LogP contribution in [0.25, 0.3) is 11.0 Å². The quantitative estimate of drug-likeness (QED) is 0.449. The second-order valence-electron chi connectivity index (χ2n) is 5.43. The predicted molar refractivity (Wildman–Crippen MR) is 91.4 cm³/mol. The molecule has 6 nitrogen and oxygen atoms in total. The van der Waals surface area contributed by atoms with Crippen molar-refractivity contribution in [2.75, 3.05) is 0 Å². The summed E-state index contributed by atoms with van der Waals surface area (Å²) in [6, 6.07) is 15.0. The van der Waals surface area contributed by atoms with Crippen LogP contribution in [0.4, 0.5) is 0 Å². The molecule has 3 rings (SSSR count). The fourth-order valence-corrected chi connectivity index (χ4v) is 2.30. The van der Waals surface area contributed by atoms with E-state index in [-0.39, 0.29) is 11.5 Å². The van der Waals surface area contributed by atoms with Gasteiger partial charge in [-0.25, -0.2) is 9.59 Å². The molecule has 0 fully saturated rings. The molecule has 1 aromatic heterocycles. The first kappa shape index (κ1) is 16.4. The van der Waals surface area contributed by atoms with E-state index in [0.29, 0.717) is 23.3 Å². The third-order valence-electron chi connectivity index (χ3n) is 3.51. The van der Waals surface area contributed by atoms with E-state index < -0.39 is 11.6 Å². The van der Waals surface area contributed by atoms with E-state index in [2.05, 4.69) is 5.32 Å². The molecule has 0 saturated carbocycles. The zero-order valence-electron chi connectivity index (χ0n) is 13.4. The Morgan fingerprint density at radius 2 is 1.84 bits per heavy atom. The second kappa shape index (κ2) is 7.00. The average molecular weight is 337 g/mol. The zero-order chi connectivity index (χ0) is 17.8. The van der Waals surface area contributed by atoms with E-state index in [4.69, 9.17) is 9.15 Å². The van der Waals surface area contributed by atoms with Gasteiger partial charge < -0.3 is 14.5 Å². The van der Waals surface area contributed by atoms with Crippen molar-refractivity contribution in [1.29, 1.82) is 0 Å². The lowest BCUT2D eigenvalue weighted by atomic mass is 10.1. The fourth-order valence-electron chi connectivity index (χ4n) is 2.30. The van der Waals surface area contributed by atoms with Crippen molar-refractivity contribution in [3.05, 3.63) is 76.1 Å². The summed E-state index contributed by atoms with van der Waals surface area (Å²) in [7, 11) is 0. The van der Waals surface area contributed by atoms with E-state index in [1.54, 1.807) is 48.5 Å². The molecule has 0 unspecified atom stereocenters. The smallest absolute Gasteiger partial charge is 0.351 e. The van der Waals surface area contributed by atoms with Crippen LogP contribution in [0.15, 0.2) is 63.8 Å². The Hall–Kier alpha value is -3.41. The molecule has 0 aliphatic heterocycles. The Bertz CT molecular complexity index is 992. The molecule has 0 radical (unpaired) electrons. The molecule has 1 amide bonds. The molecule has 2 aromatic carbocycles. The van der Waals surface area contributed by atoms with Gasteiger partial charge >= 0.3 is 11.6 Å². The number of rotatable bonds is 4. The van der Waals surface area contributed by atoms with Gasteiger partial charge in [-0.1, -0.05) is 24.3 Å². The van der Waals surface area contributed by atoms with Gasteiger partial charge in [0.2, 0.25) is 5.91 Å². The molecule has 25 heavy (non-hydrogen) atoms. The van der Waals surface area contributed by atoms with Gasteiger partial charge in [-0.15, -0.1) is 0 Å². The number of amides is 1. The number of benzene rings is 2. The highest BCUT2D eigenvalue weighted by Gasteiger charge is 2.16. The summed E-state index contributed by atoms with van der Waals surface area (Å²) in [5, 5.41) is 3.26. The maximum Gasteiger partial charge on any atom is 0.351 e. The minimum Gasteiger partial charge on any atom is -0.423 e. The average Bonchev–Trinajstić information content (AvgIpc) is 2.60.